The van der Waals surface area contributed by atoms with Crippen LogP contribution >= 0.6 is 11.5 Å². The summed E-state index contributed by atoms with van der Waals surface area (Å²) in [6, 6.07) is 6.93. The summed E-state index contributed by atoms with van der Waals surface area (Å²) in [6.45, 7) is 0. The molecule has 0 atom stereocenters. The fourth-order valence-corrected chi connectivity index (χ4v) is 3.48. The Morgan fingerprint density at radius 3 is 2.89 bits per heavy atom. The van der Waals surface area contributed by atoms with Crippen molar-refractivity contribution in [1.29, 1.82) is 0 Å². The molecule has 98 valence electrons. The molecule has 0 saturated carbocycles. The fraction of sp³-hybridized carbons (Fsp3) is 0.0909. The highest BCUT2D eigenvalue weighted by atomic mass is 32.2. The van der Waals surface area contributed by atoms with E-state index in [1.807, 2.05) is 23.9 Å². The summed E-state index contributed by atoms with van der Waals surface area (Å²) in [4.78, 5) is 4.01. The third kappa shape index (κ3) is 2.20. The molecule has 0 aliphatic rings. The molecule has 8 heteroatoms. The van der Waals surface area contributed by atoms with Crippen LogP contribution in [-0.2, 0) is 17.1 Å². The van der Waals surface area contributed by atoms with Gasteiger partial charge in [0.2, 0.25) is 5.13 Å². The van der Waals surface area contributed by atoms with Crippen LogP contribution in [0.5, 0.6) is 0 Å². The number of anilines is 1. The van der Waals surface area contributed by atoms with Gasteiger partial charge in [-0.05, 0) is 23.6 Å². The molecule has 1 aromatic carbocycles. The van der Waals surface area contributed by atoms with Crippen molar-refractivity contribution in [3.8, 4) is 0 Å². The van der Waals surface area contributed by atoms with Crippen LogP contribution in [0.25, 0.3) is 10.9 Å². The maximum absolute atomic E-state index is 12.2. The molecule has 6 nitrogen and oxygen atoms in total. The number of sulfonamides is 1. The average Bonchev–Trinajstić information content (AvgIpc) is 2.99. The van der Waals surface area contributed by atoms with Gasteiger partial charge in [-0.25, -0.2) is 13.4 Å². The minimum atomic E-state index is -3.62. The first kappa shape index (κ1) is 12.1. The molecule has 3 rings (SSSR count). The average molecular weight is 294 g/mol. The zero-order valence-electron chi connectivity index (χ0n) is 9.94. The summed E-state index contributed by atoms with van der Waals surface area (Å²) in [6.07, 6.45) is 3.20. The van der Waals surface area contributed by atoms with E-state index < -0.39 is 10.0 Å². The minimum absolute atomic E-state index is 0.206. The first-order chi connectivity index (χ1) is 9.06. The van der Waals surface area contributed by atoms with E-state index in [-0.39, 0.29) is 10.0 Å². The Labute approximate surface area is 113 Å². The van der Waals surface area contributed by atoms with Gasteiger partial charge in [0.15, 0.2) is 0 Å². The molecule has 0 fully saturated rings. The van der Waals surface area contributed by atoms with Crippen LogP contribution in [0.4, 0.5) is 5.13 Å². The van der Waals surface area contributed by atoms with E-state index in [1.165, 1.54) is 6.33 Å². The molecule has 0 amide bonds. The van der Waals surface area contributed by atoms with E-state index >= 15 is 0 Å². The van der Waals surface area contributed by atoms with E-state index in [2.05, 4.69) is 14.1 Å². The summed E-state index contributed by atoms with van der Waals surface area (Å²) >= 11 is 0.996. The normalized spacial score (nSPS) is 11.8. The molecule has 2 aromatic heterocycles. The number of benzene rings is 1. The van der Waals surface area contributed by atoms with E-state index in [0.29, 0.717) is 0 Å². The van der Waals surface area contributed by atoms with Gasteiger partial charge in [0, 0.05) is 30.3 Å². The predicted molar refractivity (Wildman–Crippen MR) is 73.6 cm³/mol. The van der Waals surface area contributed by atoms with Crippen molar-refractivity contribution in [3.05, 3.63) is 36.8 Å². The van der Waals surface area contributed by atoms with E-state index in [0.717, 1.165) is 22.4 Å². The molecule has 0 aliphatic carbocycles. The Bertz CT molecular complexity index is 822. The zero-order valence-corrected chi connectivity index (χ0v) is 11.6. The smallest absolute Gasteiger partial charge is 0.263 e. The van der Waals surface area contributed by atoms with Gasteiger partial charge < -0.3 is 4.57 Å². The van der Waals surface area contributed by atoms with Crippen LogP contribution in [0.1, 0.15) is 0 Å². The maximum Gasteiger partial charge on any atom is 0.263 e. The van der Waals surface area contributed by atoms with Crippen LogP contribution in [0.15, 0.2) is 41.7 Å². The van der Waals surface area contributed by atoms with Crippen molar-refractivity contribution in [2.45, 2.75) is 4.90 Å². The van der Waals surface area contributed by atoms with Gasteiger partial charge in [-0.15, -0.1) is 0 Å². The van der Waals surface area contributed by atoms with Gasteiger partial charge in [-0.3, -0.25) is 4.72 Å². The fourth-order valence-electron chi connectivity index (χ4n) is 1.80. The number of nitrogens with zero attached hydrogens (tertiary/aromatic N) is 3. The molecule has 0 saturated heterocycles. The maximum atomic E-state index is 12.2. The molecule has 0 spiro atoms. The SMILES string of the molecule is Cn1ccc2ccc(S(=O)(=O)Nc3ncns3)cc21. The lowest BCUT2D eigenvalue weighted by molar-refractivity contribution is 0.601. The lowest BCUT2D eigenvalue weighted by Crippen LogP contribution is -2.12. The Kier molecular flexibility index (Phi) is 2.76. The van der Waals surface area contributed by atoms with Crippen molar-refractivity contribution in [2.24, 2.45) is 7.05 Å². The number of nitrogens with one attached hydrogen (secondary N) is 1. The molecule has 1 N–H and O–H groups in total. The van der Waals surface area contributed by atoms with E-state index in [1.54, 1.807) is 18.2 Å². The number of aryl methyl sites for hydroxylation is 1. The highest BCUT2D eigenvalue weighted by Crippen LogP contribution is 2.22. The number of hydrogen-bond donors (Lipinski definition) is 1. The van der Waals surface area contributed by atoms with Crippen LogP contribution in [0.2, 0.25) is 0 Å². The van der Waals surface area contributed by atoms with Gasteiger partial charge in [0.05, 0.1) is 4.90 Å². The number of fused-ring (bicyclic) bond motifs is 1. The Balaban J connectivity index is 2.05. The second-order valence-electron chi connectivity index (χ2n) is 4.00. The minimum Gasteiger partial charge on any atom is -0.351 e. The van der Waals surface area contributed by atoms with Gasteiger partial charge >= 0.3 is 0 Å². The molecular weight excluding hydrogens is 284 g/mol. The standard InChI is InChI=1S/C11H10N4O2S2/c1-15-5-4-8-2-3-9(6-10(8)15)19(16,17)14-11-12-7-13-18-11/h2-7H,1H3,(H,12,13,14). The number of rotatable bonds is 3. The van der Waals surface area contributed by atoms with Crippen LogP contribution in [0.3, 0.4) is 0 Å². The largest absolute Gasteiger partial charge is 0.351 e. The molecular formula is C11H10N4O2S2. The van der Waals surface area contributed by atoms with Crippen LogP contribution in [-0.4, -0.2) is 22.3 Å². The van der Waals surface area contributed by atoms with Crippen molar-refractivity contribution < 1.29 is 8.42 Å². The number of hydrogen-bond acceptors (Lipinski definition) is 5. The van der Waals surface area contributed by atoms with Crippen LogP contribution < -0.4 is 4.72 Å². The van der Waals surface area contributed by atoms with E-state index in [4.69, 9.17) is 0 Å². The number of aromatic nitrogens is 3. The quantitative estimate of drug-likeness (QED) is 0.799. The second-order valence-corrected chi connectivity index (χ2v) is 6.46. The van der Waals surface area contributed by atoms with Crippen molar-refractivity contribution in [2.75, 3.05) is 4.72 Å². The summed E-state index contributed by atoms with van der Waals surface area (Å²) in [5.41, 5.74) is 0.861. The lowest BCUT2D eigenvalue weighted by Gasteiger charge is -2.05. The Morgan fingerprint density at radius 1 is 1.32 bits per heavy atom. The summed E-state index contributed by atoms with van der Waals surface area (Å²) < 4.78 is 32.4. The van der Waals surface area contributed by atoms with Crippen LogP contribution in [0, 0.1) is 0 Å². The topological polar surface area (TPSA) is 76.9 Å². The molecule has 0 unspecified atom stereocenters. The summed E-state index contributed by atoms with van der Waals surface area (Å²) in [5.74, 6) is 0. The van der Waals surface area contributed by atoms with Crippen molar-refractivity contribution in [3.63, 3.8) is 0 Å². The molecule has 19 heavy (non-hydrogen) atoms. The second kappa shape index (κ2) is 4.32. The first-order valence-electron chi connectivity index (χ1n) is 5.41. The highest BCUT2D eigenvalue weighted by Gasteiger charge is 2.16. The predicted octanol–water partition coefficient (Wildman–Crippen LogP) is 1.83. The Morgan fingerprint density at radius 2 is 2.16 bits per heavy atom. The highest BCUT2D eigenvalue weighted by molar-refractivity contribution is 7.93. The third-order valence-electron chi connectivity index (χ3n) is 2.75. The first-order valence-corrected chi connectivity index (χ1v) is 7.66. The third-order valence-corrected chi connectivity index (χ3v) is 4.80. The summed E-state index contributed by atoms with van der Waals surface area (Å²) in [5, 5.41) is 1.25. The lowest BCUT2D eigenvalue weighted by atomic mass is 10.2. The van der Waals surface area contributed by atoms with Gasteiger partial charge in [0.1, 0.15) is 6.33 Å². The van der Waals surface area contributed by atoms with Crippen molar-refractivity contribution >= 4 is 37.6 Å². The van der Waals surface area contributed by atoms with Crippen molar-refractivity contribution in [1.82, 2.24) is 13.9 Å². The molecule has 0 bridgehead atoms. The molecule has 3 aromatic rings. The summed E-state index contributed by atoms with van der Waals surface area (Å²) in [7, 11) is -1.75. The molecule has 0 radical (unpaired) electrons. The van der Waals surface area contributed by atoms with Gasteiger partial charge in [0.25, 0.3) is 10.0 Å². The van der Waals surface area contributed by atoms with Gasteiger partial charge in [-0.2, -0.15) is 4.37 Å². The van der Waals surface area contributed by atoms with E-state index in [9.17, 15) is 8.42 Å². The Hall–Kier alpha value is -1.93. The monoisotopic (exact) mass is 294 g/mol. The molecule has 0 aliphatic heterocycles. The molecule has 2 heterocycles. The zero-order chi connectivity index (χ0) is 13.5. The van der Waals surface area contributed by atoms with Gasteiger partial charge in [-0.1, -0.05) is 6.07 Å².